The van der Waals surface area contributed by atoms with Crippen LogP contribution in [0.1, 0.15) is 57.8 Å². The third kappa shape index (κ3) is 8.35. The van der Waals surface area contributed by atoms with E-state index < -0.39 is 13.4 Å². The summed E-state index contributed by atoms with van der Waals surface area (Å²) in [5.74, 6) is -1.62. The highest BCUT2D eigenvalue weighted by atomic mass is 31.2. The molecule has 2 aliphatic carbocycles. The molecule has 1 unspecified atom stereocenters. The Kier molecular flexibility index (Phi) is 7.12. The van der Waals surface area contributed by atoms with Crippen molar-refractivity contribution < 1.29 is 24.2 Å². The van der Waals surface area contributed by atoms with E-state index in [1.54, 1.807) is 0 Å². The SMILES string of the molecule is CP(=O)(O)OC1CCC(O)(O)CC1.NC1CCCCC1. The van der Waals surface area contributed by atoms with Crippen molar-refractivity contribution in [2.24, 2.45) is 5.73 Å². The maximum absolute atomic E-state index is 10.9. The van der Waals surface area contributed by atoms with E-state index in [0.717, 1.165) is 6.66 Å². The van der Waals surface area contributed by atoms with Gasteiger partial charge >= 0.3 is 7.60 Å². The van der Waals surface area contributed by atoms with Crippen molar-refractivity contribution >= 4 is 7.60 Å². The topological polar surface area (TPSA) is 113 Å². The molecule has 2 rings (SSSR count). The smallest absolute Gasteiger partial charge is 0.325 e. The number of rotatable bonds is 2. The van der Waals surface area contributed by atoms with E-state index in [1.165, 1.54) is 32.1 Å². The van der Waals surface area contributed by atoms with E-state index in [9.17, 15) is 4.57 Å². The molecule has 0 saturated heterocycles. The van der Waals surface area contributed by atoms with Crippen molar-refractivity contribution in [1.82, 2.24) is 0 Å². The summed E-state index contributed by atoms with van der Waals surface area (Å²) in [6.07, 6.45) is 7.54. The maximum Gasteiger partial charge on any atom is 0.325 e. The second-order valence-corrected chi connectivity index (χ2v) is 7.81. The first kappa shape index (κ1) is 18.1. The molecule has 0 aromatic rings. The zero-order chi connectivity index (χ0) is 15.2. The van der Waals surface area contributed by atoms with Crippen LogP contribution < -0.4 is 5.73 Å². The first-order valence-corrected chi connectivity index (χ1v) is 9.39. The van der Waals surface area contributed by atoms with Gasteiger partial charge in [0.1, 0.15) is 0 Å². The van der Waals surface area contributed by atoms with Gasteiger partial charge in [-0.25, -0.2) is 0 Å². The highest BCUT2D eigenvalue weighted by molar-refractivity contribution is 7.51. The van der Waals surface area contributed by atoms with Gasteiger partial charge in [0.25, 0.3) is 0 Å². The highest BCUT2D eigenvalue weighted by Crippen LogP contribution is 2.42. The molecule has 20 heavy (non-hydrogen) atoms. The lowest BCUT2D eigenvalue weighted by Gasteiger charge is -2.31. The predicted octanol–water partition coefficient (Wildman–Crippen LogP) is 1.72. The Morgan fingerprint density at radius 2 is 1.60 bits per heavy atom. The Hall–Kier alpha value is 0.0300. The van der Waals surface area contributed by atoms with Crippen molar-refractivity contribution in [3.63, 3.8) is 0 Å². The van der Waals surface area contributed by atoms with Gasteiger partial charge in [-0.05, 0) is 25.7 Å². The minimum Gasteiger partial charge on any atom is -0.366 e. The quantitative estimate of drug-likeness (QED) is 0.456. The van der Waals surface area contributed by atoms with E-state index in [-0.39, 0.29) is 18.9 Å². The first-order chi connectivity index (χ1) is 9.18. The summed E-state index contributed by atoms with van der Waals surface area (Å²) in [6.45, 7) is 1.13. The largest absolute Gasteiger partial charge is 0.366 e. The van der Waals surface area contributed by atoms with Crippen LogP contribution in [0.2, 0.25) is 0 Å². The fourth-order valence-corrected chi connectivity index (χ4v) is 3.33. The molecule has 7 heteroatoms. The van der Waals surface area contributed by atoms with Gasteiger partial charge in [-0.15, -0.1) is 0 Å². The van der Waals surface area contributed by atoms with Crippen LogP contribution in [0, 0.1) is 0 Å². The van der Waals surface area contributed by atoms with Crippen LogP contribution in [-0.2, 0) is 9.09 Å². The lowest BCUT2D eigenvalue weighted by molar-refractivity contribution is -0.190. The Labute approximate surface area is 120 Å². The average Bonchev–Trinajstić information content (AvgIpc) is 2.32. The fraction of sp³-hybridized carbons (Fsp3) is 1.00. The molecule has 5 N–H and O–H groups in total. The number of hydrogen-bond acceptors (Lipinski definition) is 5. The fourth-order valence-electron chi connectivity index (χ4n) is 2.57. The Morgan fingerprint density at radius 1 is 1.10 bits per heavy atom. The first-order valence-electron chi connectivity index (χ1n) is 7.37. The van der Waals surface area contributed by atoms with Crippen LogP contribution in [0.5, 0.6) is 0 Å². The molecule has 0 aromatic carbocycles. The van der Waals surface area contributed by atoms with Crippen molar-refractivity contribution in [3.05, 3.63) is 0 Å². The minimum atomic E-state index is -3.44. The molecule has 0 heterocycles. The van der Waals surface area contributed by atoms with Crippen LogP contribution in [-0.4, -0.2) is 39.7 Å². The van der Waals surface area contributed by atoms with Gasteiger partial charge < -0.3 is 25.4 Å². The summed E-state index contributed by atoms with van der Waals surface area (Å²) in [4.78, 5) is 8.91. The zero-order valence-corrected chi connectivity index (χ0v) is 13.1. The van der Waals surface area contributed by atoms with E-state index in [4.69, 9.17) is 25.4 Å². The Balaban J connectivity index is 0.000000240. The molecule has 0 radical (unpaired) electrons. The van der Waals surface area contributed by atoms with Gasteiger partial charge in [-0.3, -0.25) is 4.57 Å². The van der Waals surface area contributed by atoms with Gasteiger partial charge in [0.05, 0.1) is 6.10 Å². The molecule has 6 nitrogen and oxygen atoms in total. The molecule has 0 amide bonds. The normalized spacial score (nSPS) is 27.2. The van der Waals surface area contributed by atoms with Crippen molar-refractivity contribution in [1.29, 1.82) is 0 Å². The molecule has 1 atom stereocenters. The molecular formula is C13H28NO5P. The molecule has 2 saturated carbocycles. The summed E-state index contributed by atoms with van der Waals surface area (Å²) in [6, 6.07) is 0.536. The number of aliphatic hydroxyl groups is 2. The summed E-state index contributed by atoms with van der Waals surface area (Å²) in [5, 5.41) is 18.3. The molecule has 120 valence electrons. The predicted molar refractivity (Wildman–Crippen MR) is 77.3 cm³/mol. The number of nitrogens with two attached hydrogens (primary N) is 1. The van der Waals surface area contributed by atoms with E-state index in [0.29, 0.717) is 18.9 Å². The Morgan fingerprint density at radius 3 is 1.95 bits per heavy atom. The number of hydrogen-bond donors (Lipinski definition) is 4. The van der Waals surface area contributed by atoms with Gasteiger partial charge in [0.15, 0.2) is 5.79 Å². The standard InChI is InChI=1S/C7H15O5P.C6H13N/c1-13(10,11)12-6-2-4-7(8,9)5-3-6;7-6-4-2-1-3-5-6/h6,8-9H,2-5H2,1H3,(H,10,11);6H,1-5,7H2. The average molecular weight is 309 g/mol. The molecule has 0 aliphatic heterocycles. The van der Waals surface area contributed by atoms with E-state index >= 15 is 0 Å². The van der Waals surface area contributed by atoms with Crippen molar-refractivity contribution in [3.8, 4) is 0 Å². The Bertz CT molecular complexity index is 315. The summed E-state index contributed by atoms with van der Waals surface area (Å²) < 4.78 is 15.7. The van der Waals surface area contributed by atoms with Crippen LogP contribution in [0.25, 0.3) is 0 Å². The van der Waals surface area contributed by atoms with E-state index in [1.807, 2.05) is 0 Å². The second kappa shape index (κ2) is 7.87. The summed E-state index contributed by atoms with van der Waals surface area (Å²) in [7, 11) is -3.44. The maximum atomic E-state index is 10.9. The van der Waals surface area contributed by atoms with Gasteiger partial charge in [-0.2, -0.15) is 0 Å². The van der Waals surface area contributed by atoms with Crippen LogP contribution in [0.15, 0.2) is 0 Å². The van der Waals surface area contributed by atoms with Crippen LogP contribution in [0.3, 0.4) is 0 Å². The molecule has 0 spiro atoms. The minimum absolute atomic E-state index is 0.192. The monoisotopic (exact) mass is 309 g/mol. The van der Waals surface area contributed by atoms with Gasteiger partial charge in [-0.1, -0.05) is 19.3 Å². The lowest BCUT2D eigenvalue weighted by Crippen LogP contribution is -2.35. The van der Waals surface area contributed by atoms with Crippen molar-refractivity contribution in [2.75, 3.05) is 6.66 Å². The van der Waals surface area contributed by atoms with Crippen LogP contribution >= 0.6 is 7.60 Å². The lowest BCUT2D eigenvalue weighted by atomic mass is 9.92. The van der Waals surface area contributed by atoms with Gasteiger partial charge in [0.2, 0.25) is 0 Å². The molecular weight excluding hydrogens is 281 g/mol. The third-order valence-corrected chi connectivity index (χ3v) is 4.42. The zero-order valence-electron chi connectivity index (χ0n) is 12.2. The van der Waals surface area contributed by atoms with Gasteiger partial charge in [0, 0.05) is 25.5 Å². The summed E-state index contributed by atoms with van der Waals surface area (Å²) in [5.41, 5.74) is 5.63. The highest BCUT2D eigenvalue weighted by Gasteiger charge is 2.33. The second-order valence-electron chi connectivity index (χ2n) is 5.99. The molecule has 0 aromatic heterocycles. The van der Waals surface area contributed by atoms with E-state index in [2.05, 4.69) is 0 Å². The molecule has 0 bridgehead atoms. The van der Waals surface area contributed by atoms with Crippen molar-refractivity contribution in [2.45, 2.75) is 75.7 Å². The summed E-state index contributed by atoms with van der Waals surface area (Å²) >= 11 is 0. The van der Waals surface area contributed by atoms with Crippen LogP contribution in [0.4, 0.5) is 0 Å². The third-order valence-electron chi connectivity index (χ3n) is 3.73. The molecule has 2 fully saturated rings. The molecule has 2 aliphatic rings.